The summed E-state index contributed by atoms with van der Waals surface area (Å²) in [5, 5.41) is 0. The van der Waals surface area contributed by atoms with E-state index in [0.717, 1.165) is 0 Å². The molecule has 104 valence electrons. The fraction of sp³-hybridized carbons (Fsp3) is 0.417. The molecule has 0 radical (unpaired) electrons. The summed E-state index contributed by atoms with van der Waals surface area (Å²) in [5.41, 5.74) is -0.0907. The molecule has 0 bridgehead atoms. The van der Waals surface area contributed by atoms with Gasteiger partial charge in [0.2, 0.25) is 0 Å². The predicted octanol–water partition coefficient (Wildman–Crippen LogP) is 1.44. The van der Waals surface area contributed by atoms with Gasteiger partial charge in [-0.2, -0.15) is 0 Å². The van der Waals surface area contributed by atoms with E-state index in [1.807, 2.05) is 20.8 Å². The van der Waals surface area contributed by atoms with Gasteiger partial charge in [0.05, 0.1) is 0 Å². The minimum Gasteiger partial charge on any atom is -0.999 e. The van der Waals surface area contributed by atoms with Gasteiger partial charge in [-0.3, -0.25) is 4.21 Å². The van der Waals surface area contributed by atoms with Crippen LogP contribution in [0.15, 0.2) is 6.07 Å². The van der Waals surface area contributed by atoms with Crippen LogP contribution in [0.4, 0.5) is 0 Å². The van der Waals surface area contributed by atoms with E-state index in [4.69, 9.17) is 9.30 Å². The molecule has 6 heteroatoms. The quantitative estimate of drug-likeness (QED) is 0.340. The van der Waals surface area contributed by atoms with Crippen LogP contribution in [0.3, 0.4) is 0 Å². The molecule has 0 aliphatic carbocycles. The summed E-state index contributed by atoms with van der Waals surface area (Å²) in [6, 6.07) is 12.0. The Kier molecular flexibility index (Phi) is 27.3. The molecule has 0 aliphatic heterocycles. The maximum absolute atomic E-state index is 10.0. The first-order chi connectivity index (χ1) is 7.92. The molecule has 1 aromatic carbocycles. The molecule has 0 N–H and O–H groups in total. The van der Waals surface area contributed by atoms with Crippen LogP contribution in [-0.2, 0) is 37.5 Å². The maximum Gasteiger partial charge on any atom is 0 e. The van der Waals surface area contributed by atoms with E-state index in [1.54, 1.807) is 6.07 Å². The predicted molar refractivity (Wildman–Crippen MR) is 58.5 cm³/mol. The normalized spacial score (nSPS) is 9.56. The Bertz CT molecular complexity index is 276. The van der Waals surface area contributed by atoms with Crippen LogP contribution in [0.1, 0.15) is 20.8 Å². The van der Waals surface area contributed by atoms with Crippen molar-refractivity contribution in [3.05, 3.63) is 43.6 Å². The summed E-state index contributed by atoms with van der Waals surface area (Å²) in [6.45, 7) is 14.7. The molecule has 0 spiro atoms. The third-order valence-corrected chi connectivity index (χ3v) is 2.00. The Labute approximate surface area is 122 Å². The molecule has 0 fully saturated rings. The molecule has 18 heavy (non-hydrogen) atoms. The maximum atomic E-state index is 10.0. The van der Waals surface area contributed by atoms with Crippen molar-refractivity contribution in [3.8, 4) is 0 Å². The van der Waals surface area contributed by atoms with Crippen LogP contribution in [0.25, 0.3) is 0 Å². The monoisotopic (exact) mass is 308 g/mol. The zero-order valence-electron chi connectivity index (χ0n) is 10.2. The van der Waals surface area contributed by atoms with Crippen molar-refractivity contribution >= 4 is 11.1 Å². The van der Waals surface area contributed by atoms with E-state index in [0.29, 0.717) is 0 Å². The van der Waals surface area contributed by atoms with Gasteiger partial charge < -0.3 is 34.9 Å². The minimum atomic E-state index is -1.89. The molecular weight excluding hydrogens is 296 g/mol. The molecule has 0 heterocycles. The molecule has 1 atom stereocenters. The van der Waals surface area contributed by atoms with Crippen molar-refractivity contribution in [1.82, 2.24) is 0 Å². The summed E-state index contributed by atoms with van der Waals surface area (Å²) in [7, 11) is 0. The Morgan fingerprint density at radius 1 is 1.17 bits per heavy atom. The van der Waals surface area contributed by atoms with Gasteiger partial charge in [0.1, 0.15) is 0 Å². The molecule has 1 unspecified atom stereocenters. The van der Waals surface area contributed by atoms with Crippen LogP contribution >= 0.6 is 0 Å². The van der Waals surface area contributed by atoms with Gasteiger partial charge in [-0.25, -0.2) is 0 Å². The molecule has 0 aliphatic rings. The fourth-order valence-electron chi connectivity index (χ4n) is 0.534. The van der Waals surface area contributed by atoms with Crippen molar-refractivity contribution < 1.29 is 35.1 Å². The molecule has 1 rings (SSSR count). The summed E-state index contributed by atoms with van der Waals surface area (Å²) >= 11 is -1.89. The summed E-state index contributed by atoms with van der Waals surface area (Å²) in [4.78, 5) is 0. The van der Waals surface area contributed by atoms with Gasteiger partial charge in [0, 0.05) is 22.8 Å². The second-order valence-electron chi connectivity index (χ2n) is 3.69. The molecule has 0 aromatic heterocycles. The van der Waals surface area contributed by atoms with Gasteiger partial charge in [0.25, 0.3) is 0 Å². The number of rotatable bonds is 1. The minimum absolute atomic E-state index is 0. The van der Waals surface area contributed by atoms with Crippen LogP contribution in [0.5, 0.6) is 0 Å². The van der Waals surface area contributed by atoms with Crippen molar-refractivity contribution in [2.45, 2.75) is 20.8 Å². The first kappa shape index (κ1) is 26.1. The SMILES string of the molecule is CC(C)(C)CS(=O)[O-].[C-]#[O+].[C-]#[O+].[Fe].[c-]1[c-][c-][cH-][c-]1. The Hall–Kier alpha value is -0.541. The van der Waals surface area contributed by atoms with E-state index in [-0.39, 0.29) is 28.2 Å². The van der Waals surface area contributed by atoms with Crippen LogP contribution in [-0.4, -0.2) is 14.5 Å². The first-order valence-corrected chi connectivity index (χ1v) is 5.46. The van der Waals surface area contributed by atoms with E-state index in [1.165, 1.54) is 0 Å². The average molecular weight is 308 g/mol. The Morgan fingerprint density at radius 2 is 1.50 bits per heavy atom. The summed E-state index contributed by atoms with van der Waals surface area (Å²) in [5.74, 6) is 0.243. The van der Waals surface area contributed by atoms with Crippen LogP contribution in [0, 0.1) is 43.0 Å². The molecular formula is C12H12FeO4S-6. The van der Waals surface area contributed by atoms with Crippen LogP contribution < -0.4 is 0 Å². The zero-order valence-corrected chi connectivity index (χ0v) is 12.1. The van der Waals surface area contributed by atoms with E-state index in [9.17, 15) is 8.76 Å². The second-order valence-corrected chi connectivity index (χ2v) is 4.59. The van der Waals surface area contributed by atoms with Gasteiger partial charge in [-0.1, -0.05) is 31.9 Å². The van der Waals surface area contributed by atoms with Crippen molar-refractivity contribution in [2.24, 2.45) is 5.41 Å². The second kappa shape index (κ2) is 18.8. The molecule has 0 saturated heterocycles. The van der Waals surface area contributed by atoms with Crippen molar-refractivity contribution in [3.63, 3.8) is 0 Å². The van der Waals surface area contributed by atoms with Crippen molar-refractivity contribution in [2.75, 3.05) is 5.75 Å². The zero-order chi connectivity index (χ0) is 14.3. The van der Waals surface area contributed by atoms with Gasteiger partial charge >= 0.3 is 22.6 Å². The summed E-state index contributed by atoms with van der Waals surface area (Å²) in [6.07, 6.45) is 0. The van der Waals surface area contributed by atoms with Crippen LogP contribution in [0.2, 0.25) is 0 Å². The number of hydrogen-bond acceptors (Lipinski definition) is 2. The molecule has 0 amide bonds. The smallest absolute Gasteiger partial charge is 0 e. The van der Waals surface area contributed by atoms with E-state index >= 15 is 0 Å². The topological polar surface area (TPSA) is 79.9 Å². The average Bonchev–Trinajstić information content (AvgIpc) is 2.78. The fourth-order valence-corrected chi connectivity index (χ4v) is 1.24. The van der Waals surface area contributed by atoms with Gasteiger partial charge in [-0.15, -0.1) is 0 Å². The van der Waals surface area contributed by atoms with E-state index < -0.39 is 11.1 Å². The van der Waals surface area contributed by atoms with Gasteiger partial charge in [0.15, 0.2) is 0 Å². The third kappa shape index (κ3) is 36.1. The largest absolute Gasteiger partial charge is 0.999 e. The molecule has 4 nitrogen and oxygen atoms in total. The Morgan fingerprint density at radius 3 is 1.56 bits per heavy atom. The Balaban J connectivity index is -0.0000000847. The molecule has 1 aromatic rings. The van der Waals surface area contributed by atoms with E-state index in [2.05, 4.69) is 37.6 Å². The van der Waals surface area contributed by atoms with Gasteiger partial charge in [-0.05, 0) is 5.41 Å². The first-order valence-electron chi connectivity index (χ1n) is 4.21. The molecule has 0 saturated carbocycles. The summed E-state index contributed by atoms with van der Waals surface area (Å²) < 4.78 is 35.0. The third-order valence-electron chi connectivity index (χ3n) is 0.902. The van der Waals surface area contributed by atoms with Crippen molar-refractivity contribution in [1.29, 1.82) is 0 Å². The number of hydrogen-bond donors (Lipinski definition) is 0. The standard InChI is InChI=1S/C5H12O2S.C5H.2CO.Fe/c1-5(2,3)4-8(6)7;1-2-4-5-3-1;2*1-2;/h4H2,1-3H3,(H,6,7);1H;;;/q;-5;;;/p-1.